The molecule has 1 N–H and O–H groups in total. The van der Waals surface area contributed by atoms with Gasteiger partial charge in [-0.05, 0) is 24.6 Å². The number of hydrogen-bond donors (Lipinski definition) is 1. The number of nitrogens with zero attached hydrogens (tertiary/aromatic N) is 3. The summed E-state index contributed by atoms with van der Waals surface area (Å²) in [5, 5.41) is 10.9. The van der Waals surface area contributed by atoms with Crippen molar-refractivity contribution in [2.75, 3.05) is 6.54 Å². The van der Waals surface area contributed by atoms with Crippen LogP contribution in [0.2, 0.25) is 0 Å². The van der Waals surface area contributed by atoms with E-state index in [0.717, 1.165) is 4.47 Å². The second kappa shape index (κ2) is 8.85. The average molecular weight is 484 g/mol. The Hall–Kier alpha value is -3.26. The lowest BCUT2D eigenvalue weighted by Gasteiger charge is -2.25. The number of hydrogen-bond acceptors (Lipinski definition) is 4. The van der Waals surface area contributed by atoms with Crippen molar-refractivity contribution in [2.24, 2.45) is 0 Å². The quantitative estimate of drug-likeness (QED) is 0.322. The molecule has 0 radical (unpaired) electrons. The van der Waals surface area contributed by atoms with Crippen molar-refractivity contribution < 1.29 is 19.1 Å². The van der Waals surface area contributed by atoms with Gasteiger partial charge in [0.15, 0.2) is 0 Å². The monoisotopic (exact) mass is 483 g/mol. The number of aryl methyl sites for hydroxylation is 1. The van der Waals surface area contributed by atoms with E-state index in [4.69, 9.17) is 0 Å². The van der Waals surface area contributed by atoms with Crippen LogP contribution in [0.15, 0.2) is 77.3 Å². The Kier molecular flexibility index (Phi) is 5.99. The number of carbonyl (C=O) groups excluding carboxylic acids is 2. The van der Waals surface area contributed by atoms with Gasteiger partial charge in [0.2, 0.25) is 0 Å². The normalized spacial score (nSPS) is 18.0. The van der Waals surface area contributed by atoms with Gasteiger partial charge in [0.05, 0.1) is 17.9 Å². The zero-order valence-electron chi connectivity index (χ0n) is 16.4. The first kappa shape index (κ1) is 21.0. The second-order valence-electron chi connectivity index (χ2n) is 7.17. The number of aromatic nitrogens is 2. The summed E-state index contributed by atoms with van der Waals surface area (Å²) in [6, 6.07) is 11.7. The molecular weight excluding hydrogens is 465 g/mol. The first-order valence-electron chi connectivity index (χ1n) is 9.72. The number of benzene rings is 2. The maximum Gasteiger partial charge on any atom is 0.295 e. The van der Waals surface area contributed by atoms with Crippen LogP contribution in [0.5, 0.6) is 0 Å². The molecule has 0 spiro atoms. The SMILES string of the molecule is O=C1C(=O)N(CCCn2ccnc2)[C@@H](c2ccccc2F)C1=C(O)c1ccc(Br)cc1. The minimum absolute atomic E-state index is 0.111. The molecule has 1 atom stereocenters. The Bertz CT molecular complexity index is 1140. The molecule has 1 fully saturated rings. The lowest BCUT2D eigenvalue weighted by molar-refractivity contribution is -0.140. The van der Waals surface area contributed by atoms with E-state index in [1.807, 2.05) is 4.57 Å². The number of likely N-dealkylation sites (tertiary alicyclic amines) is 1. The van der Waals surface area contributed by atoms with Crippen LogP contribution >= 0.6 is 15.9 Å². The standard InChI is InChI=1S/C23H19BrFN3O3/c24-16-8-6-15(7-9-16)21(29)19-20(17-4-1-2-5-18(17)25)28(23(31)22(19)30)12-3-11-27-13-10-26-14-27/h1-2,4-10,13-14,20,29H,3,11-12H2/t20-/m0/s1. The third-order valence-electron chi connectivity index (χ3n) is 5.23. The van der Waals surface area contributed by atoms with Crippen LogP contribution in [-0.2, 0) is 16.1 Å². The van der Waals surface area contributed by atoms with Crippen molar-refractivity contribution in [3.63, 3.8) is 0 Å². The van der Waals surface area contributed by atoms with Crippen molar-refractivity contribution in [3.05, 3.63) is 94.2 Å². The molecule has 0 saturated carbocycles. The van der Waals surface area contributed by atoms with E-state index in [-0.39, 0.29) is 23.4 Å². The van der Waals surface area contributed by atoms with E-state index in [1.165, 1.54) is 17.0 Å². The van der Waals surface area contributed by atoms with E-state index in [2.05, 4.69) is 20.9 Å². The Morgan fingerprint density at radius 1 is 1.10 bits per heavy atom. The summed E-state index contributed by atoms with van der Waals surface area (Å²) in [5.74, 6) is -2.44. The molecule has 0 unspecified atom stereocenters. The van der Waals surface area contributed by atoms with Gasteiger partial charge >= 0.3 is 0 Å². The molecule has 158 valence electrons. The van der Waals surface area contributed by atoms with Gasteiger partial charge in [-0.1, -0.05) is 46.3 Å². The van der Waals surface area contributed by atoms with Crippen LogP contribution in [0.3, 0.4) is 0 Å². The smallest absolute Gasteiger partial charge is 0.295 e. The molecule has 4 rings (SSSR count). The molecule has 0 aliphatic carbocycles. The summed E-state index contributed by atoms with van der Waals surface area (Å²) in [6.07, 6.45) is 5.66. The van der Waals surface area contributed by atoms with Gasteiger partial charge < -0.3 is 14.6 Å². The Labute approximate surface area is 186 Å². The highest BCUT2D eigenvalue weighted by Crippen LogP contribution is 2.40. The van der Waals surface area contributed by atoms with Crippen molar-refractivity contribution >= 4 is 33.4 Å². The molecule has 1 aliphatic heterocycles. The van der Waals surface area contributed by atoms with Gasteiger partial charge in [-0.3, -0.25) is 9.59 Å². The van der Waals surface area contributed by atoms with Crippen molar-refractivity contribution in [3.8, 4) is 0 Å². The minimum Gasteiger partial charge on any atom is -0.507 e. The maximum absolute atomic E-state index is 14.7. The number of amides is 1. The Morgan fingerprint density at radius 2 is 1.84 bits per heavy atom. The minimum atomic E-state index is -1.01. The fourth-order valence-corrected chi connectivity index (χ4v) is 4.00. The Balaban J connectivity index is 1.75. The summed E-state index contributed by atoms with van der Waals surface area (Å²) in [4.78, 5) is 31.1. The first-order valence-corrected chi connectivity index (χ1v) is 10.5. The Morgan fingerprint density at radius 3 is 2.52 bits per heavy atom. The third-order valence-corrected chi connectivity index (χ3v) is 5.76. The number of carbonyl (C=O) groups is 2. The highest BCUT2D eigenvalue weighted by atomic mass is 79.9. The average Bonchev–Trinajstić information content (AvgIpc) is 3.36. The van der Waals surface area contributed by atoms with Crippen LogP contribution in [0.4, 0.5) is 4.39 Å². The number of aliphatic hydroxyl groups excluding tert-OH is 1. The molecule has 0 bridgehead atoms. The van der Waals surface area contributed by atoms with Crippen molar-refractivity contribution in [1.82, 2.24) is 14.5 Å². The number of aliphatic hydroxyl groups is 1. The van der Waals surface area contributed by atoms with Gasteiger partial charge in [-0.25, -0.2) is 9.37 Å². The number of Topliss-reactive ketones (excluding diaryl/α,β-unsaturated/α-hetero) is 1. The summed E-state index contributed by atoms with van der Waals surface area (Å²) < 4.78 is 17.4. The molecule has 31 heavy (non-hydrogen) atoms. The number of ketones is 1. The first-order chi connectivity index (χ1) is 15.0. The molecule has 1 aromatic heterocycles. The second-order valence-corrected chi connectivity index (χ2v) is 8.09. The van der Waals surface area contributed by atoms with Crippen LogP contribution in [0.1, 0.15) is 23.6 Å². The lowest BCUT2D eigenvalue weighted by Crippen LogP contribution is -2.31. The summed E-state index contributed by atoms with van der Waals surface area (Å²) in [5.41, 5.74) is 0.434. The van der Waals surface area contributed by atoms with E-state index < -0.39 is 23.5 Å². The van der Waals surface area contributed by atoms with E-state index in [9.17, 15) is 19.1 Å². The molecule has 2 aromatic carbocycles. The molecule has 6 nitrogen and oxygen atoms in total. The van der Waals surface area contributed by atoms with Crippen LogP contribution in [-0.4, -0.2) is 37.8 Å². The van der Waals surface area contributed by atoms with E-state index >= 15 is 0 Å². The van der Waals surface area contributed by atoms with Gasteiger partial charge in [-0.15, -0.1) is 0 Å². The summed E-state index contributed by atoms with van der Waals surface area (Å²) in [7, 11) is 0. The highest BCUT2D eigenvalue weighted by Gasteiger charge is 2.46. The van der Waals surface area contributed by atoms with E-state index in [0.29, 0.717) is 18.5 Å². The highest BCUT2D eigenvalue weighted by molar-refractivity contribution is 9.10. The maximum atomic E-state index is 14.7. The fourth-order valence-electron chi connectivity index (χ4n) is 3.74. The fraction of sp³-hybridized carbons (Fsp3) is 0.174. The van der Waals surface area contributed by atoms with Gasteiger partial charge in [0.25, 0.3) is 11.7 Å². The van der Waals surface area contributed by atoms with Gasteiger partial charge in [0.1, 0.15) is 11.6 Å². The third kappa shape index (κ3) is 4.16. The zero-order valence-corrected chi connectivity index (χ0v) is 18.0. The molecule has 2 heterocycles. The lowest BCUT2D eigenvalue weighted by atomic mass is 9.95. The summed E-state index contributed by atoms with van der Waals surface area (Å²) in [6.45, 7) is 0.804. The van der Waals surface area contributed by atoms with Gasteiger partial charge in [-0.2, -0.15) is 0 Å². The van der Waals surface area contributed by atoms with Crippen LogP contribution in [0, 0.1) is 5.82 Å². The zero-order chi connectivity index (χ0) is 22.0. The van der Waals surface area contributed by atoms with Crippen LogP contribution in [0.25, 0.3) is 5.76 Å². The number of halogens is 2. The predicted molar refractivity (Wildman–Crippen MR) is 116 cm³/mol. The van der Waals surface area contributed by atoms with Gasteiger partial charge in [0, 0.05) is 41.1 Å². The molecule has 1 amide bonds. The van der Waals surface area contributed by atoms with Crippen LogP contribution < -0.4 is 0 Å². The number of imidazole rings is 1. The largest absolute Gasteiger partial charge is 0.507 e. The van der Waals surface area contributed by atoms with Crippen molar-refractivity contribution in [1.29, 1.82) is 0 Å². The molecule has 3 aromatic rings. The molecule has 1 saturated heterocycles. The van der Waals surface area contributed by atoms with Crippen molar-refractivity contribution in [2.45, 2.75) is 19.0 Å². The topological polar surface area (TPSA) is 75.4 Å². The molecule has 8 heteroatoms. The summed E-state index contributed by atoms with van der Waals surface area (Å²) >= 11 is 3.33. The van der Waals surface area contributed by atoms with E-state index in [1.54, 1.807) is 55.1 Å². The number of rotatable bonds is 6. The molecule has 1 aliphatic rings. The predicted octanol–water partition coefficient (Wildman–Crippen LogP) is 4.30. The molecular formula is C23H19BrFN3O3.